The second-order valence-corrected chi connectivity index (χ2v) is 8.91. The minimum atomic E-state index is -3.89. The van der Waals surface area contributed by atoms with E-state index in [1.165, 1.54) is 41.6 Å². The number of rotatable bonds is 7. The van der Waals surface area contributed by atoms with E-state index in [0.717, 1.165) is 5.56 Å². The second-order valence-electron chi connectivity index (χ2n) is 7.23. The zero-order chi connectivity index (χ0) is 23.3. The van der Waals surface area contributed by atoms with Gasteiger partial charge in [-0.1, -0.05) is 30.3 Å². The highest BCUT2D eigenvalue weighted by Crippen LogP contribution is 2.19. The highest BCUT2D eigenvalue weighted by molar-refractivity contribution is 7.92. The highest BCUT2D eigenvalue weighted by Gasteiger charge is 2.34. The Morgan fingerprint density at radius 1 is 1.03 bits per heavy atom. The van der Waals surface area contributed by atoms with Crippen LogP contribution in [0.25, 0.3) is 0 Å². The van der Waals surface area contributed by atoms with Gasteiger partial charge in [0.2, 0.25) is 17.8 Å². The van der Waals surface area contributed by atoms with Crippen molar-refractivity contribution in [3.63, 3.8) is 0 Å². The predicted octanol–water partition coefficient (Wildman–Crippen LogP) is 1.64. The van der Waals surface area contributed by atoms with Crippen LogP contribution in [0, 0.1) is 0 Å². The number of anilines is 2. The number of morpholine rings is 1. The van der Waals surface area contributed by atoms with E-state index >= 15 is 0 Å². The van der Waals surface area contributed by atoms with Crippen LogP contribution in [0.3, 0.4) is 0 Å². The number of hydrogen-bond acceptors (Lipinski definition) is 7. The highest BCUT2D eigenvalue weighted by atomic mass is 32.2. The Labute approximate surface area is 190 Å². The van der Waals surface area contributed by atoms with Crippen LogP contribution < -0.4 is 10.0 Å². The maximum Gasteiger partial charge on any atom is 0.264 e. The average Bonchev–Trinajstić information content (AvgIpc) is 2.82. The van der Waals surface area contributed by atoms with E-state index in [4.69, 9.17) is 4.74 Å². The minimum absolute atomic E-state index is 0.0187. The first-order valence-corrected chi connectivity index (χ1v) is 11.5. The summed E-state index contributed by atoms with van der Waals surface area (Å²) in [6.45, 7) is 0.269. The molecule has 4 rings (SSSR count). The number of benzene rings is 2. The summed E-state index contributed by atoms with van der Waals surface area (Å²) < 4.78 is 32.6. The summed E-state index contributed by atoms with van der Waals surface area (Å²) in [6, 6.07) is 15.8. The lowest BCUT2D eigenvalue weighted by atomic mass is 10.1. The first-order chi connectivity index (χ1) is 15.9. The average molecular weight is 468 g/mol. The number of hydrogen-bond donors (Lipinski definition) is 2. The predicted molar refractivity (Wildman–Crippen MR) is 120 cm³/mol. The number of amides is 2. The summed E-state index contributed by atoms with van der Waals surface area (Å²) >= 11 is 0. The van der Waals surface area contributed by atoms with Gasteiger partial charge in [-0.05, 0) is 35.9 Å². The van der Waals surface area contributed by atoms with E-state index in [0.29, 0.717) is 5.69 Å². The largest absolute Gasteiger partial charge is 0.369 e. The topological polar surface area (TPSA) is 131 Å². The lowest BCUT2D eigenvalue weighted by Crippen LogP contribution is -2.54. The number of ether oxygens (including phenoxy) is 1. The van der Waals surface area contributed by atoms with E-state index in [1.807, 2.05) is 30.3 Å². The molecular weight excluding hydrogens is 446 g/mol. The quantitative estimate of drug-likeness (QED) is 0.540. The van der Waals surface area contributed by atoms with E-state index in [-0.39, 0.29) is 36.5 Å². The molecule has 2 N–H and O–H groups in total. The Morgan fingerprint density at radius 2 is 1.73 bits per heavy atom. The van der Waals surface area contributed by atoms with Crippen molar-refractivity contribution in [2.75, 3.05) is 23.3 Å². The number of nitrogens with one attached hydrogen (secondary N) is 2. The fraction of sp³-hybridized carbons (Fsp3) is 0.182. The van der Waals surface area contributed by atoms with Gasteiger partial charge in [0.15, 0.2) is 0 Å². The van der Waals surface area contributed by atoms with Crippen molar-refractivity contribution in [1.29, 1.82) is 0 Å². The normalized spacial score (nSPS) is 16.3. The Hall–Kier alpha value is -3.83. The van der Waals surface area contributed by atoms with Gasteiger partial charge in [-0.2, -0.15) is 0 Å². The third-order valence-corrected chi connectivity index (χ3v) is 6.26. The fourth-order valence-electron chi connectivity index (χ4n) is 3.27. The lowest BCUT2D eigenvalue weighted by molar-refractivity contribution is -0.154. The summed E-state index contributed by atoms with van der Waals surface area (Å²) in [4.78, 5) is 34.5. The van der Waals surface area contributed by atoms with Gasteiger partial charge in [-0.25, -0.2) is 23.1 Å². The minimum Gasteiger partial charge on any atom is -0.369 e. The molecule has 10 nitrogen and oxygen atoms in total. The van der Waals surface area contributed by atoms with Crippen LogP contribution in [0.1, 0.15) is 5.56 Å². The number of carbonyl (C=O) groups is 2. The van der Waals surface area contributed by atoms with Gasteiger partial charge in [-0.3, -0.25) is 9.59 Å². The van der Waals surface area contributed by atoms with Crippen molar-refractivity contribution in [2.24, 2.45) is 0 Å². The van der Waals surface area contributed by atoms with Crippen LogP contribution in [0.4, 0.5) is 11.6 Å². The molecule has 1 unspecified atom stereocenters. The molecule has 0 spiro atoms. The SMILES string of the molecule is O=C(Nc1ccc(S(=O)(=O)Nc2ncccn2)cc1)C1COCC(=O)N1Cc1ccccc1. The summed E-state index contributed by atoms with van der Waals surface area (Å²) in [7, 11) is -3.89. The Bertz CT molecular complexity index is 1220. The molecule has 0 aliphatic carbocycles. The van der Waals surface area contributed by atoms with Crippen molar-refractivity contribution >= 4 is 33.5 Å². The summed E-state index contributed by atoms with van der Waals surface area (Å²) in [5.41, 5.74) is 1.28. The lowest BCUT2D eigenvalue weighted by Gasteiger charge is -2.34. The first kappa shape index (κ1) is 22.4. The maximum absolute atomic E-state index is 12.9. The molecule has 1 aliphatic heterocycles. The third kappa shape index (κ3) is 5.51. The molecule has 0 saturated carbocycles. The van der Waals surface area contributed by atoms with Crippen molar-refractivity contribution in [3.8, 4) is 0 Å². The molecular formula is C22H21N5O5S. The number of carbonyl (C=O) groups excluding carboxylic acids is 2. The molecule has 2 heterocycles. The summed E-state index contributed by atoms with van der Waals surface area (Å²) in [5, 5.41) is 2.72. The molecule has 0 bridgehead atoms. The molecule has 33 heavy (non-hydrogen) atoms. The van der Waals surface area contributed by atoms with Gasteiger partial charge < -0.3 is 15.0 Å². The Kier molecular flexibility index (Phi) is 6.61. The van der Waals surface area contributed by atoms with E-state index < -0.39 is 22.0 Å². The fourth-order valence-corrected chi connectivity index (χ4v) is 4.23. The van der Waals surface area contributed by atoms with Crippen molar-refractivity contribution in [3.05, 3.63) is 78.6 Å². The maximum atomic E-state index is 12.9. The molecule has 1 aliphatic rings. The van der Waals surface area contributed by atoms with Gasteiger partial charge in [0.25, 0.3) is 10.0 Å². The molecule has 1 aromatic heterocycles. The zero-order valence-electron chi connectivity index (χ0n) is 17.4. The van der Waals surface area contributed by atoms with Crippen molar-refractivity contribution in [1.82, 2.24) is 14.9 Å². The van der Waals surface area contributed by atoms with Gasteiger partial charge >= 0.3 is 0 Å². The van der Waals surface area contributed by atoms with Gasteiger partial charge in [0.1, 0.15) is 12.6 Å². The number of aromatic nitrogens is 2. The van der Waals surface area contributed by atoms with Gasteiger partial charge in [0.05, 0.1) is 11.5 Å². The van der Waals surface area contributed by atoms with Crippen LogP contribution >= 0.6 is 0 Å². The van der Waals surface area contributed by atoms with Crippen LogP contribution in [0.5, 0.6) is 0 Å². The second kappa shape index (κ2) is 9.76. The standard InChI is InChI=1S/C22H21N5O5S/c28-20-15-32-14-19(27(20)13-16-5-2-1-3-6-16)21(29)25-17-7-9-18(10-8-17)33(30,31)26-22-23-11-4-12-24-22/h1-12,19H,13-15H2,(H,25,29)(H,23,24,26). The van der Waals surface area contributed by atoms with E-state index in [1.54, 1.807) is 6.07 Å². The molecule has 170 valence electrons. The number of sulfonamides is 1. The monoisotopic (exact) mass is 467 g/mol. The van der Waals surface area contributed by atoms with E-state index in [9.17, 15) is 18.0 Å². The van der Waals surface area contributed by atoms with Gasteiger partial charge in [0, 0.05) is 24.6 Å². The molecule has 2 amide bonds. The molecule has 2 aromatic carbocycles. The first-order valence-electron chi connectivity index (χ1n) is 10.0. The Balaban J connectivity index is 1.44. The van der Waals surface area contributed by atoms with Crippen molar-refractivity contribution < 1.29 is 22.7 Å². The summed E-state index contributed by atoms with van der Waals surface area (Å²) in [5.74, 6) is -0.748. The number of nitrogens with zero attached hydrogens (tertiary/aromatic N) is 3. The smallest absolute Gasteiger partial charge is 0.264 e. The van der Waals surface area contributed by atoms with Crippen molar-refractivity contribution in [2.45, 2.75) is 17.5 Å². The molecule has 1 fully saturated rings. The van der Waals surface area contributed by atoms with E-state index in [2.05, 4.69) is 20.0 Å². The molecule has 3 aromatic rings. The Morgan fingerprint density at radius 3 is 2.42 bits per heavy atom. The zero-order valence-corrected chi connectivity index (χ0v) is 18.2. The molecule has 1 atom stereocenters. The van der Waals surface area contributed by atoms with Crippen LogP contribution in [-0.2, 0) is 30.9 Å². The van der Waals surface area contributed by atoms with Crippen LogP contribution in [0.2, 0.25) is 0 Å². The molecule has 11 heteroatoms. The van der Waals surface area contributed by atoms with Crippen LogP contribution in [-0.4, -0.2) is 54.4 Å². The molecule has 0 radical (unpaired) electrons. The summed E-state index contributed by atoms with van der Waals surface area (Å²) in [6.07, 6.45) is 2.84. The van der Waals surface area contributed by atoms with Crippen LogP contribution in [0.15, 0.2) is 78.0 Å². The third-order valence-electron chi connectivity index (χ3n) is 4.92. The van der Waals surface area contributed by atoms with Gasteiger partial charge in [-0.15, -0.1) is 0 Å². The molecule has 1 saturated heterocycles.